The molecular weight excluding hydrogens is 166 g/mol. The molecule has 1 aliphatic heterocycles. The van der Waals surface area contributed by atoms with Gasteiger partial charge in [0.15, 0.2) is 0 Å². The Kier molecular flexibility index (Phi) is 1.57. The lowest BCUT2D eigenvalue weighted by Gasteiger charge is -2.14. The quantitative estimate of drug-likeness (QED) is 0.420. The summed E-state index contributed by atoms with van der Waals surface area (Å²) in [6, 6.07) is 0. The van der Waals surface area contributed by atoms with Gasteiger partial charge in [0.05, 0.1) is 13.1 Å². The topological polar surface area (TPSA) is 20.3 Å². The van der Waals surface area contributed by atoms with E-state index in [1.54, 1.807) is 0 Å². The zero-order valence-corrected chi connectivity index (χ0v) is 5.36. The Hall–Kier alpha value is -0.810. The van der Waals surface area contributed by atoms with Crippen LogP contribution in [0.15, 0.2) is 0 Å². The van der Waals surface area contributed by atoms with Crippen LogP contribution in [0.5, 0.6) is 0 Å². The number of carbonyl (C=O) groups is 1. The van der Waals surface area contributed by atoms with E-state index in [9.17, 15) is 22.4 Å². The van der Waals surface area contributed by atoms with Crippen LogP contribution >= 0.6 is 0 Å². The summed E-state index contributed by atoms with van der Waals surface area (Å²) in [7, 11) is 0. The van der Waals surface area contributed by atoms with Gasteiger partial charge < -0.3 is 4.90 Å². The zero-order chi connectivity index (χ0) is 8.70. The molecule has 0 aromatic carbocycles. The Morgan fingerprint density at radius 1 is 1.09 bits per heavy atom. The predicted octanol–water partition coefficient (Wildman–Crippen LogP) is 0.729. The van der Waals surface area contributed by atoms with Crippen molar-refractivity contribution in [3.63, 3.8) is 0 Å². The van der Waals surface area contributed by atoms with Crippen molar-refractivity contribution >= 4 is 6.41 Å². The summed E-state index contributed by atoms with van der Waals surface area (Å²) in [5, 5.41) is 0. The number of hydrogen-bond donors (Lipinski definition) is 0. The van der Waals surface area contributed by atoms with Gasteiger partial charge in [-0.3, -0.25) is 4.79 Å². The van der Waals surface area contributed by atoms with Crippen molar-refractivity contribution in [3.8, 4) is 0 Å². The second-order valence-corrected chi connectivity index (χ2v) is 2.42. The fourth-order valence-corrected chi connectivity index (χ4v) is 0.872. The summed E-state index contributed by atoms with van der Waals surface area (Å²) in [6.45, 7) is -2.38. The molecular formula is C5H5F4NO. The summed E-state index contributed by atoms with van der Waals surface area (Å²) < 4.78 is 48.8. The Bertz CT molecular complexity index is 165. The molecule has 2 nitrogen and oxygen atoms in total. The molecule has 11 heavy (non-hydrogen) atoms. The van der Waals surface area contributed by atoms with Crippen LogP contribution in [0.4, 0.5) is 17.6 Å². The van der Waals surface area contributed by atoms with Crippen molar-refractivity contribution in [3.05, 3.63) is 0 Å². The molecule has 0 N–H and O–H groups in total. The molecule has 0 spiro atoms. The summed E-state index contributed by atoms with van der Waals surface area (Å²) in [4.78, 5) is 10.2. The average molecular weight is 171 g/mol. The number of alkyl halides is 4. The number of rotatable bonds is 1. The van der Waals surface area contributed by atoms with Gasteiger partial charge in [0, 0.05) is 0 Å². The van der Waals surface area contributed by atoms with Crippen LogP contribution in [0.3, 0.4) is 0 Å². The Morgan fingerprint density at radius 2 is 1.45 bits per heavy atom. The van der Waals surface area contributed by atoms with Crippen molar-refractivity contribution in [1.82, 2.24) is 4.90 Å². The van der Waals surface area contributed by atoms with E-state index in [0.29, 0.717) is 4.90 Å². The highest BCUT2D eigenvalue weighted by Gasteiger charge is 2.62. The van der Waals surface area contributed by atoms with Crippen LogP contribution in [0.1, 0.15) is 0 Å². The van der Waals surface area contributed by atoms with E-state index >= 15 is 0 Å². The second-order valence-electron chi connectivity index (χ2n) is 2.42. The van der Waals surface area contributed by atoms with Gasteiger partial charge in [-0.05, 0) is 0 Å². The minimum Gasteiger partial charge on any atom is -0.333 e. The van der Waals surface area contributed by atoms with E-state index in [-0.39, 0.29) is 6.41 Å². The molecule has 0 atom stereocenters. The molecule has 0 unspecified atom stereocenters. The molecule has 1 saturated heterocycles. The summed E-state index contributed by atoms with van der Waals surface area (Å²) in [6.07, 6.45) is -0.00514. The first kappa shape index (κ1) is 8.29. The van der Waals surface area contributed by atoms with Crippen molar-refractivity contribution < 1.29 is 22.4 Å². The first-order valence-electron chi connectivity index (χ1n) is 2.84. The third-order valence-corrected chi connectivity index (χ3v) is 1.49. The number of nitrogens with zero attached hydrogens (tertiary/aromatic N) is 1. The van der Waals surface area contributed by atoms with Gasteiger partial charge in [0.1, 0.15) is 0 Å². The number of amides is 1. The van der Waals surface area contributed by atoms with Crippen LogP contribution in [-0.2, 0) is 4.79 Å². The van der Waals surface area contributed by atoms with E-state index in [4.69, 9.17) is 0 Å². The maximum atomic E-state index is 12.2. The summed E-state index contributed by atoms with van der Waals surface area (Å²) in [5.41, 5.74) is 0. The fraction of sp³-hybridized carbons (Fsp3) is 0.800. The van der Waals surface area contributed by atoms with Crippen molar-refractivity contribution in [1.29, 1.82) is 0 Å². The smallest absolute Gasteiger partial charge is 0.329 e. The Labute approximate surface area is 59.8 Å². The Morgan fingerprint density at radius 3 is 1.64 bits per heavy atom. The van der Waals surface area contributed by atoms with Gasteiger partial charge in [-0.1, -0.05) is 0 Å². The van der Waals surface area contributed by atoms with Crippen LogP contribution in [-0.4, -0.2) is 36.2 Å². The lowest BCUT2D eigenvalue weighted by atomic mass is 10.2. The van der Waals surface area contributed by atoms with Gasteiger partial charge in [0.25, 0.3) is 0 Å². The number of hydrogen-bond acceptors (Lipinski definition) is 1. The molecule has 1 aliphatic rings. The molecule has 0 bridgehead atoms. The van der Waals surface area contributed by atoms with Gasteiger partial charge in [-0.2, -0.15) is 17.6 Å². The van der Waals surface area contributed by atoms with Crippen molar-refractivity contribution in [2.75, 3.05) is 13.1 Å². The lowest BCUT2D eigenvalue weighted by molar-refractivity contribution is -0.172. The highest BCUT2D eigenvalue weighted by Crippen LogP contribution is 2.40. The molecule has 1 amide bonds. The van der Waals surface area contributed by atoms with Crippen molar-refractivity contribution in [2.24, 2.45) is 0 Å². The minimum absolute atomic E-state index is 0.00514. The molecule has 0 radical (unpaired) electrons. The van der Waals surface area contributed by atoms with E-state index in [1.165, 1.54) is 0 Å². The number of halogens is 4. The first-order chi connectivity index (χ1) is 4.89. The van der Waals surface area contributed by atoms with E-state index in [2.05, 4.69) is 0 Å². The summed E-state index contributed by atoms with van der Waals surface area (Å²) in [5.74, 6) is -8.15. The molecule has 6 heteroatoms. The van der Waals surface area contributed by atoms with E-state index in [1.807, 2.05) is 0 Å². The normalized spacial score (nSPS) is 27.1. The van der Waals surface area contributed by atoms with Crippen LogP contribution in [0, 0.1) is 0 Å². The molecule has 1 heterocycles. The minimum atomic E-state index is -4.08. The molecule has 0 saturated carbocycles. The van der Waals surface area contributed by atoms with Gasteiger partial charge in [-0.25, -0.2) is 0 Å². The van der Waals surface area contributed by atoms with Crippen LogP contribution < -0.4 is 0 Å². The highest BCUT2D eigenvalue weighted by molar-refractivity contribution is 5.48. The molecule has 64 valence electrons. The summed E-state index contributed by atoms with van der Waals surface area (Å²) >= 11 is 0. The van der Waals surface area contributed by atoms with E-state index in [0.717, 1.165) is 0 Å². The first-order valence-corrected chi connectivity index (χ1v) is 2.84. The SMILES string of the molecule is O=CN1CC(F)(F)C(F)(F)C1. The largest absolute Gasteiger partial charge is 0.333 e. The van der Waals surface area contributed by atoms with Crippen LogP contribution in [0.25, 0.3) is 0 Å². The van der Waals surface area contributed by atoms with Crippen LogP contribution in [0.2, 0.25) is 0 Å². The second kappa shape index (κ2) is 2.09. The number of carbonyl (C=O) groups excluding carboxylic acids is 1. The highest BCUT2D eigenvalue weighted by atomic mass is 19.3. The van der Waals surface area contributed by atoms with Crippen molar-refractivity contribution in [2.45, 2.75) is 11.8 Å². The molecule has 0 aromatic rings. The monoisotopic (exact) mass is 171 g/mol. The molecule has 0 aromatic heterocycles. The average Bonchev–Trinajstić information content (AvgIpc) is 2.03. The zero-order valence-electron chi connectivity index (χ0n) is 5.36. The molecule has 1 rings (SSSR count). The van der Waals surface area contributed by atoms with Gasteiger partial charge in [0.2, 0.25) is 6.41 Å². The predicted molar refractivity (Wildman–Crippen MR) is 27.5 cm³/mol. The maximum absolute atomic E-state index is 12.2. The Balaban J connectivity index is 2.79. The van der Waals surface area contributed by atoms with Gasteiger partial charge >= 0.3 is 11.8 Å². The molecule has 0 aliphatic carbocycles. The maximum Gasteiger partial charge on any atom is 0.329 e. The fourth-order valence-electron chi connectivity index (χ4n) is 0.872. The van der Waals surface area contributed by atoms with Gasteiger partial charge in [-0.15, -0.1) is 0 Å². The lowest BCUT2D eigenvalue weighted by Crippen LogP contribution is -2.38. The molecule has 1 fully saturated rings. The third kappa shape index (κ3) is 1.17. The number of likely N-dealkylation sites (tertiary alicyclic amines) is 1. The standard InChI is InChI=1S/C5H5F4NO/c6-4(7)1-10(3-11)2-5(4,8)9/h3H,1-2H2. The van der Waals surface area contributed by atoms with E-state index < -0.39 is 24.9 Å². The third-order valence-electron chi connectivity index (χ3n) is 1.49.